The maximum absolute atomic E-state index is 6.12. The third-order valence-corrected chi connectivity index (χ3v) is 4.86. The van der Waals surface area contributed by atoms with Gasteiger partial charge < -0.3 is 4.42 Å². The summed E-state index contributed by atoms with van der Waals surface area (Å²) < 4.78 is 6.12. The van der Waals surface area contributed by atoms with E-state index in [1.54, 1.807) is 11.3 Å². The molecule has 0 saturated carbocycles. The van der Waals surface area contributed by atoms with Gasteiger partial charge in [-0.3, -0.25) is 0 Å². The highest BCUT2D eigenvalue weighted by Crippen LogP contribution is 2.37. The van der Waals surface area contributed by atoms with Crippen LogP contribution in [0.2, 0.25) is 0 Å². The van der Waals surface area contributed by atoms with E-state index >= 15 is 0 Å². The second-order valence-electron chi connectivity index (χ2n) is 5.64. The van der Waals surface area contributed by atoms with Crippen molar-refractivity contribution in [1.82, 2.24) is 0 Å². The van der Waals surface area contributed by atoms with Crippen molar-refractivity contribution in [2.45, 2.75) is 26.2 Å². The molecule has 0 N–H and O–H groups in total. The number of furan rings is 1. The van der Waals surface area contributed by atoms with Gasteiger partial charge in [-0.2, -0.15) is 0 Å². The molecule has 2 heteroatoms. The lowest BCUT2D eigenvalue weighted by Gasteiger charge is -2.20. The number of aryl methyl sites for hydroxylation is 1. The van der Waals surface area contributed by atoms with Gasteiger partial charge in [0.25, 0.3) is 0 Å². The Hall–Kier alpha value is -1.80. The van der Waals surface area contributed by atoms with E-state index in [0.29, 0.717) is 0 Å². The molecule has 0 atom stereocenters. The molecule has 0 spiro atoms. The van der Waals surface area contributed by atoms with Gasteiger partial charge in [-0.1, -0.05) is 29.8 Å². The van der Waals surface area contributed by atoms with Crippen LogP contribution in [0.25, 0.3) is 11.3 Å². The van der Waals surface area contributed by atoms with E-state index in [9.17, 15) is 0 Å². The van der Waals surface area contributed by atoms with Crippen molar-refractivity contribution in [3.63, 3.8) is 0 Å². The van der Waals surface area contributed by atoms with Gasteiger partial charge in [-0.05, 0) is 50.4 Å². The first-order valence-corrected chi connectivity index (χ1v) is 7.67. The molecule has 0 aliphatic heterocycles. The van der Waals surface area contributed by atoms with Crippen molar-refractivity contribution >= 4 is 11.3 Å². The van der Waals surface area contributed by atoms with E-state index in [-0.39, 0.29) is 5.41 Å². The molecular weight excluding hydrogens is 264 g/mol. The van der Waals surface area contributed by atoms with Crippen LogP contribution in [0.15, 0.2) is 58.3 Å². The number of thiophene rings is 1. The smallest absolute Gasteiger partial charge is 0.134 e. The van der Waals surface area contributed by atoms with Crippen molar-refractivity contribution in [1.29, 1.82) is 0 Å². The van der Waals surface area contributed by atoms with Crippen LogP contribution in [0, 0.1) is 6.92 Å². The van der Waals surface area contributed by atoms with Crippen molar-refractivity contribution in [3.05, 3.63) is 70.1 Å². The van der Waals surface area contributed by atoms with Gasteiger partial charge in [-0.25, -0.2) is 0 Å². The SMILES string of the molecule is Cc1cccc(-c2ccc(C(C)(C)c3cccs3)o2)c1. The van der Waals surface area contributed by atoms with Gasteiger partial charge in [-0.15, -0.1) is 11.3 Å². The van der Waals surface area contributed by atoms with Crippen LogP contribution in [0.5, 0.6) is 0 Å². The molecular formula is C18H18OS. The zero-order valence-electron chi connectivity index (χ0n) is 12.0. The second-order valence-corrected chi connectivity index (χ2v) is 6.58. The summed E-state index contributed by atoms with van der Waals surface area (Å²) in [7, 11) is 0. The third-order valence-electron chi connectivity index (χ3n) is 3.66. The highest BCUT2D eigenvalue weighted by Gasteiger charge is 2.27. The van der Waals surface area contributed by atoms with E-state index in [1.807, 2.05) is 0 Å². The maximum Gasteiger partial charge on any atom is 0.134 e. The molecule has 3 rings (SSSR count). The predicted octanol–water partition coefficient (Wildman–Crippen LogP) is 5.64. The first kappa shape index (κ1) is 13.2. The minimum Gasteiger partial charge on any atom is -0.460 e. The van der Waals surface area contributed by atoms with E-state index < -0.39 is 0 Å². The van der Waals surface area contributed by atoms with E-state index in [4.69, 9.17) is 4.42 Å². The fourth-order valence-corrected chi connectivity index (χ4v) is 3.24. The lowest BCUT2D eigenvalue weighted by Crippen LogP contribution is -2.15. The molecule has 0 saturated heterocycles. The maximum atomic E-state index is 6.12. The summed E-state index contributed by atoms with van der Waals surface area (Å²) in [6.07, 6.45) is 0. The number of hydrogen-bond acceptors (Lipinski definition) is 2. The van der Waals surface area contributed by atoms with E-state index in [0.717, 1.165) is 17.1 Å². The Balaban J connectivity index is 1.98. The van der Waals surface area contributed by atoms with E-state index in [2.05, 4.69) is 74.7 Å². The van der Waals surface area contributed by atoms with Crippen LogP contribution in [0.4, 0.5) is 0 Å². The standard InChI is InChI=1S/C18H18OS/c1-13-6-4-7-14(12-13)15-9-10-16(19-15)18(2,3)17-8-5-11-20-17/h4-12H,1-3H3. The number of benzene rings is 1. The van der Waals surface area contributed by atoms with Crippen LogP contribution < -0.4 is 0 Å². The summed E-state index contributed by atoms with van der Waals surface area (Å²) >= 11 is 1.77. The Labute approximate surface area is 123 Å². The summed E-state index contributed by atoms with van der Waals surface area (Å²) in [4.78, 5) is 1.32. The van der Waals surface area contributed by atoms with Crippen molar-refractivity contribution in [3.8, 4) is 11.3 Å². The van der Waals surface area contributed by atoms with Crippen molar-refractivity contribution in [2.75, 3.05) is 0 Å². The molecule has 0 aliphatic carbocycles. The average Bonchev–Trinajstić information content (AvgIpc) is 3.11. The Bertz CT molecular complexity index is 705. The fourth-order valence-electron chi connectivity index (χ4n) is 2.38. The van der Waals surface area contributed by atoms with Gasteiger partial charge in [0, 0.05) is 10.4 Å². The van der Waals surface area contributed by atoms with E-state index in [1.165, 1.54) is 10.4 Å². The topological polar surface area (TPSA) is 13.1 Å². The summed E-state index contributed by atoms with van der Waals surface area (Å²) in [6, 6.07) is 16.8. The minimum absolute atomic E-state index is 0.0871. The first-order valence-electron chi connectivity index (χ1n) is 6.79. The Morgan fingerprint density at radius 3 is 2.55 bits per heavy atom. The summed E-state index contributed by atoms with van der Waals surface area (Å²) in [6.45, 7) is 6.51. The van der Waals surface area contributed by atoms with Gasteiger partial charge in [0.15, 0.2) is 0 Å². The molecule has 0 unspecified atom stereocenters. The molecule has 0 radical (unpaired) electrons. The van der Waals surface area contributed by atoms with Gasteiger partial charge in [0.05, 0.1) is 5.41 Å². The second kappa shape index (κ2) is 4.95. The summed E-state index contributed by atoms with van der Waals surface area (Å²) in [5, 5.41) is 2.11. The number of hydrogen-bond donors (Lipinski definition) is 0. The minimum atomic E-state index is -0.0871. The van der Waals surface area contributed by atoms with Gasteiger partial charge >= 0.3 is 0 Å². The largest absolute Gasteiger partial charge is 0.460 e. The molecule has 0 fully saturated rings. The molecule has 1 nitrogen and oxygen atoms in total. The number of rotatable bonds is 3. The monoisotopic (exact) mass is 282 g/mol. The Morgan fingerprint density at radius 2 is 1.85 bits per heavy atom. The molecule has 0 aliphatic rings. The highest BCUT2D eigenvalue weighted by molar-refractivity contribution is 7.10. The van der Waals surface area contributed by atoms with Gasteiger partial charge in [0.1, 0.15) is 11.5 Å². The molecule has 102 valence electrons. The quantitative estimate of drug-likeness (QED) is 0.605. The fraction of sp³-hybridized carbons (Fsp3) is 0.222. The summed E-state index contributed by atoms with van der Waals surface area (Å²) in [5.74, 6) is 1.95. The zero-order chi connectivity index (χ0) is 14.2. The molecule has 0 amide bonds. The van der Waals surface area contributed by atoms with Crippen LogP contribution in [0.1, 0.15) is 30.0 Å². The van der Waals surface area contributed by atoms with Crippen molar-refractivity contribution in [2.24, 2.45) is 0 Å². The Kier molecular flexibility index (Phi) is 3.27. The van der Waals surface area contributed by atoms with Crippen LogP contribution in [-0.4, -0.2) is 0 Å². The third kappa shape index (κ3) is 2.32. The average molecular weight is 282 g/mol. The molecule has 2 aromatic heterocycles. The zero-order valence-corrected chi connectivity index (χ0v) is 12.8. The Morgan fingerprint density at radius 1 is 1.00 bits per heavy atom. The van der Waals surface area contributed by atoms with Crippen LogP contribution in [0.3, 0.4) is 0 Å². The highest BCUT2D eigenvalue weighted by atomic mass is 32.1. The lowest BCUT2D eigenvalue weighted by molar-refractivity contribution is 0.442. The van der Waals surface area contributed by atoms with Crippen LogP contribution in [-0.2, 0) is 5.41 Å². The molecule has 0 bridgehead atoms. The summed E-state index contributed by atoms with van der Waals surface area (Å²) in [5.41, 5.74) is 2.30. The molecule has 2 heterocycles. The predicted molar refractivity (Wildman–Crippen MR) is 85.3 cm³/mol. The lowest BCUT2D eigenvalue weighted by atomic mass is 9.89. The van der Waals surface area contributed by atoms with Crippen molar-refractivity contribution < 1.29 is 4.42 Å². The first-order chi connectivity index (χ1) is 9.57. The van der Waals surface area contributed by atoms with Crippen LogP contribution >= 0.6 is 11.3 Å². The molecule has 20 heavy (non-hydrogen) atoms. The molecule has 3 aromatic rings. The normalized spacial score (nSPS) is 11.8. The van der Waals surface area contributed by atoms with Gasteiger partial charge in [0.2, 0.25) is 0 Å². The molecule has 1 aromatic carbocycles.